The number of amides is 1. The minimum absolute atomic E-state index is 0.0871. The fourth-order valence-corrected chi connectivity index (χ4v) is 2.56. The summed E-state index contributed by atoms with van der Waals surface area (Å²) in [5.74, 6) is -0.0381. The zero-order valence-corrected chi connectivity index (χ0v) is 11.5. The minimum Gasteiger partial charge on any atom is -0.396 e. The Kier molecular flexibility index (Phi) is 5.30. The van der Waals surface area contributed by atoms with E-state index in [0.717, 1.165) is 25.8 Å². The van der Waals surface area contributed by atoms with Gasteiger partial charge in [-0.25, -0.2) is 4.39 Å². The molecule has 20 heavy (non-hydrogen) atoms. The maximum Gasteiger partial charge on any atom is 0.246 e. The lowest BCUT2D eigenvalue weighted by Gasteiger charge is -2.31. The maximum atomic E-state index is 13.4. The number of aliphatic hydroxyl groups excluding tert-OH is 1. The molecule has 1 unspecified atom stereocenters. The van der Waals surface area contributed by atoms with Crippen LogP contribution in [0.4, 0.5) is 4.39 Å². The van der Waals surface area contributed by atoms with Gasteiger partial charge < -0.3 is 10.0 Å². The molecule has 0 spiro atoms. The van der Waals surface area contributed by atoms with Gasteiger partial charge in [0.15, 0.2) is 0 Å². The Hall–Kier alpha value is -1.68. The zero-order chi connectivity index (χ0) is 14.4. The van der Waals surface area contributed by atoms with Crippen molar-refractivity contribution in [2.24, 2.45) is 5.92 Å². The van der Waals surface area contributed by atoms with Crippen molar-refractivity contribution in [2.45, 2.75) is 19.3 Å². The second kappa shape index (κ2) is 7.20. The van der Waals surface area contributed by atoms with E-state index in [0.29, 0.717) is 18.0 Å². The molecule has 4 heteroatoms. The molecule has 0 saturated carbocycles. The Labute approximate surface area is 118 Å². The third-order valence-corrected chi connectivity index (χ3v) is 3.68. The van der Waals surface area contributed by atoms with E-state index in [1.165, 1.54) is 18.2 Å². The van der Waals surface area contributed by atoms with E-state index in [1.807, 2.05) is 0 Å². The maximum absolute atomic E-state index is 13.4. The van der Waals surface area contributed by atoms with Crippen LogP contribution < -0.4 is 0 Å². The van der Waals surface area contributed by atoms with Crippen molar-refractivity contribution in [1.82, 2.24) is 4.90 Å². The molecule has 0 radical (unpaired) electrons. The third kappa shape index (κ3) is 3.90. The van der Waals surface area contributed by atoms with Crippen molar-refractivity contribution in [3.8, 4) is 0 Å². The lowest BCUT2D eigenvalue weighted by molar-refractivity contribution is -0.127. The Morgan fingerprint density at radius 1 is 1.45 bits per heavy atom. The normalized spacial score (nSPS) is 19.5. The molecule has 1 aliphatic rings. The highest BCUT2D eigenvalue weighted by Gasteiger charge is 2.21. The Morgan fingerprint density at radius 2 is 2.25 bits per heavy atom. The molecule has 2 rings (SSSR count). The van der Waals surface area contributed by atoms with Crippen LogP contribution in [0.15, 0.2) is 30.3 Å². The van der Waals surface area contributed by atoms with E-state index in [9.17, 15) is 9.18 Å². The van der Waals surface area contributed by atoms with E-state index >= 15 is 0 Å². The van der Waals surface area contributed by atoms with Gasteiger partial charge in [-0.05, 0) is 37.3 Å². The van der Waals surface area contributed by atoms with E-state index in [4.69, 9.17) is 5.11 Å². The molecule has 1 aromatic rings. The molecule has 108 valence electrons. The number of aliphatic hydroxyl groups is 1. The molecule has 0 aromatic heterocycles. The van der Waals surface area contributed by atoms with Crippen molar-refractivity contribution in [2.75, 3.05) is 19.7 Å². The van der Waals surface area contributed by atoms with Crippen molar-refractivity contribution >= 4 is 12.0 Å². The van der Waals surface area contributed by atoms with E-state index < -0.39 is 0 Å². The van der Waals surface area contributed by atoms with Crippen LogP contribution in [-0.4, -0.2) is 35.6 Å². The fourth-order valence-electron chi connectivity index (χ4n) is 2.56. The Bertz CT molecular complexity index is 485. The quantitative estimate of drug-likeness (QED) is 0.859. The predicted octanol–water partition coefficient (Wildman–Crippen LogP) is 2.46. The number of piperidine rings is 1. The van der Waals surface area contributed by atoms with Crippen LogP contribution in [0.5, 0.6) is 0 Å². The molecule has 1 atom stereocenters. The molecule has 0 bridgehead atoms. The van der Waals surface area contributed by atoms with Crippen LogP contribution >= 0.6 is 0 Å². The Balaban J connectivity index is 1.96. The molecule has 1 saturated heterocycles. The van der Waals surface area contributed by atoms with Crippen LogP contribution in [0.1, 0.15) is 24.8 Å². The van der Waals surface area contributed by atoms with Gasteiger partial charge in [-0.2, -0.15) is 0 Å². The number of halogens is 1. The molecule has 1 N–H and O–H groups in total. The monoisotopic (exact) mass is 277 g/mol. The predicted molar refractivity (Wildman–Crippen MR) is 76.4 cm³/mol. The van der Waals surface area contributed by atoms with Crippen LogP contribution in [0.3, 0.4) is 0 Å². The van der Waals surface area contributed by atoms with Crippen LogP contribution in [0.2, 0.25) is 0 Å². The summed E-state index contributed by atoms with van der Waals surface area (Å²) in [4.78, 5) is 13.9. The van der Waals surface area contributed by atoms with Crippen LogP contribution in [0, 0.1) is 11.7 Å². The summed E-state index contributed by atoms with van der Waals surface area (Å²) in [5, 5.41) is 8.97. The number of likely N-dealkylation sites (tertiary alicyclic amines) is 1. The lowest BCUT2D eigenvalue weighted by Crippen LogP contribution is -2.39. The summed E-state index contributed by atoms with van der Waals surface area (Å²) < 4.78 is 13.4. The van der Waals surface area contributed by atoms with Gasteiger partial charge in [0.05, 0.1) is 0 Å². The average Bonchev–Trinajstić information content (AvgIpc) is 2.47. The topological polar surface area (TPSA) is 40.5 Å². The van der Waals surface area contributed by atoms with Crippen molar-refractivity contribution in [3.63, 3.8) is 0 Å². The van der Waals surface area contributed by atoms with Gasteiger partial charge in [0.1, 0.15) is 5.82 Å². The molecular weight excluding hydrogens is 257 g/mol. The molecule has 1 aromatic carbocycles. The van der Waals surface area contributed by atoms with E-state index in [2.05, 4.69) is 0 Å². The summed E-state index contributed by atoms with van der Waals surface area (Å²) in [6.45, 7) is 1.58. The summed E-state index contributed by atoms with van der Waals surface area (Å²) in [5.41, 5.74) is 0.421. The van der Waals surface area contributed by atoms with Crippen molar-refractivity contribution in [1.29, 1.82) is 0 Å². The first-order valence-electron chi connectivity index (χ1n) is 7.03. The number of nitrogens with zero attached hydrogens (tertiary/aromatic N) is 1. The first-order valence-corrected chi connectivity index (χ1v) is 7.03. The van der Waals surface area contributed by atoms with Crippen LogP contribution in [-0.2, 0) is 4.79 Å². The van der Waals surface area contributed by atoms with E-state index in [1.54, 1.807) is 23.1 Å². The molecule has 1 fully saturated rings. The van der Waals surface area contributed by atoms with Gasteiger partial charge >= 0.3 is 0 Å². The van der Waals surface area contributed by atoms with Gasteiger partial charge in [-0.1, -0.05) is 18.2 Å². The van der Waals surface area contributed by atoms with Crippen molar-refractivity contribution < 1.29 is 14.3 Å². The van der Waals surface area contributed by atoms with Crippen molar-refractivity contribution in [3.05, 3.63) is 41.7 Å². The molecule has 1 heterocycles. The first-order chi connectivity index (χ1) is 9.70. The molecule has 1 aliphatic heterocycles. The summed E-state index contributed by atoms with van der Waals surface area (Å²) in [6.07, 6.45) is 5.71. The number of benzene rings is 1. The number of carbonyl (C=O) groups excluding carboxylic acids is 1. The molecule has 0 aliphatic carbocycles. The van der Waals surface area contributed by atoms with Gasteiger partial charge in [0.2, 0.25) is 5.91 Å². The highest BCUT2D eigenvalue weighted by atomic mass is 19.1. The highest BCUT2D eigenvalue weighted by Crippen LogP contribution is 2.19. The third-order valence-electron chi connectivity index (χ3n) is 3.68. The smallest absolute Gasteiger partial charge is 0.246 e. The second-order valence-electron chi connectivity index (χ2n) is 5.16. The fraction of sp³-hybridized carbons (Fsp3) is 0.438. The SMILES string of the molecule is O=C(C=Cc1ccccc1F)N1CCCC(CCO)C1. The summed E-state index contributed by atoms with van der Waals surface area (Å²) >= 11 is 0. The second-order valence-corrected chi connectivity index (χ2v) is 5.16. The number of hydrogen-bond acceptors (Lipinski definition) is 2. The number of hydrogen-bond donors (Lipinski definition) is 1. The van der Waals surface area contributed by atoms with Gasteiger partial charge in [0.25, 0.3) is 0 Å². The van der Waals surface area contributed by atoms with Gasteiger partial charge in [0, 0.05) is 31.3 Å². The molecule has 3 nitrogen and oxygen atoms in total. The molecule has 1 amide bonds. The lowest BCUT2D eigenvalue weighted by atomic mass is 9.95. The number of carbonyl (C=O) groups is 1. The average molecular weight is 277 g/mol. The van der Waals surface area contributed by atoms with E-state index in [-0.39, 0.29) is 18.3 Å². The Morgan fingerprint density at radius 3 is 3.00 bits per heavy atom. The standard InChI is InChI=1S/C16H20FNO2/c17-15-6-2-1-5-14(15)7-8-16(20)18-10-3-4-13(12-18)9-11-19/h1-2,5-8,13,19H,3-4,9-12H2. The summed E-state index contributed by atoms with van der Waals surface area (Å²) in [7, 11) is 0. The van der Waals surface area contributed by atoms with Gasteiger partial charge in [-0.3, -0.25) is 4.79 Å². The number of rotatable bonds is 4. The first kappa shape index (κ1) is 14.7. The van der Waals surface area contributed by atoms with Crippen LogP contribution in [0.25, 0.3) is 6.08 Å². The molecular formula is C16H20FNO2. The van der Waals surface area contributed by atoms with Gasteiger partial charge in [-0.15, -0.1) is 0 Å². The minimum atomic E-state index is -0.326. The highest BCUT2D eigenvalue weighted by molar-refractivity contribution is 5.91. The summed E-state index contributed by atoms with van der Waals surface area (Å²) in [6, 6.07) is 6.39. The largest absolute Gasteiger partial charge is 0.396 e. The zero-order valence-electron chi connectivity index (χ0n) is 11.5.